The fourth-order valence-corrected chi connectivity index (χ4v) is 1.43. The van der Waals surface area contributed by atoms with Gasteiger partial charge in [0.1, 0.15) is 0 Å². The van der Waals surface area contributed by atoms with Crippen LogP contribution in [0.5, 0.6) is 0 Å². The van der Waals surface area contributed by atoms with E-state index in [1.807, 2.05) is 30.3 Å². The van der Waals surface area contributed by atoms with E-state index in [-0.39, 0.29) is 6.10 Å². The van der Waals surface area contributed by atoms with Crippen molar-refractivity contribution in [2.24, 2.45) is 11.5 Å². The number of hydrogen-bond donors (Lipinski definition) is 2. The van der Waals surface area contributed by atoms with Crippen LogP contribution in [-0.2, 0) is 10.4 Å². The first kappa shape index (κ1) is 8.69. The monoisotopic (exact) mass is 178 g/mol. The quantitative estimate of drug-likeness (QED) is 0.524. The lowest BCUT2D eigenvalue weighted by Gasteiger charge is -2.24. The average Bonchev–Trinajstić information content (AvgIpc) is 2.89. The van der Waals surface area contributed by atoms with E-state index < -0.39 is 5.66 Å². The molecule has 0 amide bonds. The summed E-state index contributed by atoms with van der Waals surface area (Å²) in [5.74, 6) is 0. The molecule has 3 heteroatoms. The Morgan fingerprint density at radius 3 is 2.46 bits per heavy atom. The van der Waals surface area contributed by atoms with Gasteiger partial charge in [-0.2, -0.15) is 0 Å². The molecule has 0 radical (unpaired) electrons. The first-order chi connectivity index (χ1) is 6.18. The highest BCUT2D eigenvalue weighted by Crippen LogP contribution is 2.24. The van der Waals surface area contributed by atoms with E-state index in [1.54, 1.807) is 0 Å². The Morgan fingerprint density at radius 2 is 1.92 bits per heavy atom. The third-order valence-corrected chi connectivity index (χ3v) is 2.28. The van der Waals surface area contributed by atoms with Crippen molar-refractivity contribution in [3.63, 3.8) is 0 Å². The molecule has 1 fully saturated rings. The van der Waals surface area contributed by atoms with Gasteiger partial charge < -0.3 is 16.2 Å². The van der Waals surface area contributed by atoms with Gasteiger partial charge in [-0.05, 0) is 5.56 Å². The van der Waals surface area contributed by atoms with E-state index in [2.05, 4.69) is 0 Å². The molecule has 70 valence electrons. The summed E-state index contributed by atoms with van der Waals surface area (Å²) >= 11 is 0. The average molecular weight is 178 g/mol. The molecule has 1 unspecified atom stereocenters. The van der Waals surface area contributed by atoms with Crippen molar-refractivity contribution < 1.29 is 4.74 Å². The molecular weight excluding hydrogens is 164 g/mol. The summed E-state index contributed by atoms with van der Waals surface area (Å²) in [6.45, 7) is 0.795. The van der Waals surface area contributed by atoms with E-state index >= 15 is 0 Å². The SMILES string of the molecule is NC(N)(CC1CO1)c1ccccc1. The van der Waals surface area contributed by atoms with Crippen molar-refractivity contribution in [2.45, 2.75) is 18.2 Å². The van der Waals surface area contributed by atoms with Crippen molar-refractivity contribution in [2.75, 3.05) is 6.61 Å². The maximum Gasteiger partial charge on any atom is 0.0925 e. The van der Waals surface area contributed by atoms with Crippen LogP contribution in [0.15, 0.2) is 30.3 Å². The molecule has 1 aliphatic heterocycles. The lowest BCUT2D eigenvalue weighted by molar-refractivity contribution is 0.326. The third kappa shape index (κ3) is 2.06. The standard InChI is InChI=1S/C10H14N2O/c11-10(12,6-9-7-13-9)8-4-2-1-3-5-8/h1-5,9H,6-7,11-12H2. The number of hydrogen-bond acceptors (Lipinski definition) is 3. The second kappa shape index (κ2) is 3.10. The highest BCUT2D eigenvalue weighted by atomic mass is 16.6. The van der Waals surface area contributed by atoms with Gasteiger partial charge >= 0.3 is 0 Å². The summed E-state index contributed by atoms with van der Waals surface area (Å²) in [5, 5.41) is 0. The molecule has 13 heavy (non-hydrogen) atoms. The van der Waals surface area contributed by atoms with Crippen molar-refractivity contribution in [3.8, 4) is 0 Å². The molecule has 1 aliphatic rings. The molecule has 1 saturated heterocycles. The molecule has 0 bridgehead atoms. The van der Waals surface area contributed by atoms with Crippen molar-refractivity contribution in [1.29, 1.82) is 0 Å². The highest BCUT2D eigenvalue weighted by Gasteiger charge is 2.33. The number of rotatable bonds is 3. The first-order valence-corrected chi connectivity index (χ1v) is 4.43. The molecule has 0 aliphatic carbocycles. The fraction of sp³-hybridized carbons (Fsp3) is 0.400. The Kier molecular flexibility index (Phi) is 2.07. The molecule has 0 saturated carbocycles. The fourth-order valence-electron chi connectivity index (χ4n) is 1.43. The third-order valence-electron chi connectivity index (χ3n) is 2.28. The largest absolute Gasteiger partial charge is 0.373 e. The lowest BCUT2D eigenvalue weighted by atomic mass is 9.96. The molecule has 0 spiro atoms. The molecule has 2 rings (SSSR count). The molecule has 1 aromatic rings. The van der Waals surface area contributed by atoms with Crippen LogP contribution >= 0.6 is 0 Å². The topological polar surface area (TPSA) is 64.6 Å². The predicted molar refractivity (Wildman–Crippen MR) is 50.9 cm³/mol. The van der Waals surface area contributed by atoms with Gasteiger partial charge in [-0.3, -0.25) is 0 Å². The summed E-state index contributed by atoms with van der Waals surface area (Å²) in [4.78, 5) is 0. The Balaban J connectivity index is 2.12. The number of benzene rings is 1. The minimum atomic E-state index is -0.748. The predicted octanol–water partition coefficient (Wildman–Crippen LogP) is 0.546. The van der Waals surface area contributed by atoms with Crippen LogP contribution in [0.1, 0.15) is 12.0 Å². The van der Waals surface area contributed by atoms with Crippen molar-refractivity contribution >= 4 is 0 Å². The van der Waals surface area contributed by atoms with Gasteiger partial charge in [0.15, 0.2) is 0 Å². The number of ether oxygens (including phenoxy) is 1. The maximum absolute atomic E-state index is 5.98. The Hall–Kier alpha value is -0.900. The summed E-state index contributed by atoms with van der Waals surface area (Å²) in [5.41, 5.74) is 12.2. The van der Waals surface area contributed by atoms with Gasteiger partial charge in [-0.1, -0.05) is 30.3 Å². The van der Waals surface area contributed by atoms with E-state index in [0.717, 1.165) is 12.2 Å². The van der Waals surface area contributed by atoms with Crippen molar-refractivity contribution in [3.05, 3.63) is 35.9 Å². The Labute approximate surface area is 77.7 Å². The van der Waals surface area contributed by atoms with Crippen LogP contribution in [0.4, 0.5) is 0 Å². The van der Waals surface area contributed by atoms with Gasteiger partial charge in [-0.25, -0.2) is 0 Å². The van der Waals surface area contributed by atoms with Gasteiger partial charge in [0.2, 0.25) is 0 Å². The molecule has 4 N–H and O–H groups in total. The summed E-state index contributed by atoms with van der Waals surface area (Å²) in [7, 11) is 0. The second-order valence-corrected chi connectivity index (χ2v) is 3.57. The van der Waals surface area contributed by atoms with E-state index in [0.29, 0.717) is 6.42 Å². The van der Waals surface area contributed by atoms with Crippen LogP contribution < -0.4 is 11.5 Å². The van der Waals surface area contributed by atoms with Gasteiger partial charge in [0.05, 0.1) is 18.4 Å². The normalized spacial score (nSPS) is 21.5. The van der Waals surface area contributed by atoms with Gasteiger partial charge in [0, 0.05) is 6.42 Å². The van der Waals surface area contributed by atoms with Crippen LogP contribution in [0.3, 0.4) is 0 Å². The molecule has 1 aromatic carbocycles. The smallest absolute Gasteiger partial charge is 0.0925 e. The molecule has 1 heterocycles. The van der Waals surface area contributed by atoms with E-state index in [1.165, 1.54) is 0 Å². The minimum absolute atomic E-state index is 0.259. The summed E-state index contributed by atoms with van der Waals surface area (Å²) in [6, 6.07) is 9.73. The van der Waals surface area contributed by atoms with Gasteiger partial charge in [0.25, 0.3) is 0 Å². The van der Waals surface area contributed by atoms with Crippen LogP contribution in [0.25, 0.3) is 0 Å². The Morgan fingerprint density at radius 1 is 1.31 bits per heavy atom. The summed E-state index contributed by atoms with van der Waals surface area (Å²) < 4.78 is 5.11. The molecular formula is C10H14N2O. The van der Waals surface area contributed by atoms with Crippen LogP contribution in [-0.4, -0.2) is 12.7 Å². The highest BCUT2D eigenvalue weighted by molar-refractivity contribution is 5.22. The van der Waals surface area contributed by atoms with Crippen molar-refractivity contribution in [1.82, 2.24) is 0 Å². The zero-order valence-electron chi connectivity index (χ0n) is 7.44. The summed E-state index contributed by atoms with van der Waals surface area (Å²) in [6.07, 6.45) is 0.951. The molecule has 1 atom stereocenters. The zero-order chi connectivity index (χ0) is 9.31. The van der Waals surface area contributed by atoms with Crippen LogP contribution in [0.2, 0.25) is 0 Å². The number of nitrogens with two attached hydrogens (primary N) is 2. The molecule has 0 aromatic heterocycles. The van der Waals surface area contributed by atoms with E-state index in [9.17, 15) is 0 Å². The van der Waals surface area contributed by atoms with E-state index in [4.69, 9.17) is 16.2 Å². The lowest BCUT2D eigenvalue weighted by Crippen LogP contribution is -2.47. The number of epoxide rings is 1. The van der Waals surface area contributed by atoms with Gasteiger partial charge in [-0.15, -0.1) is 0 Å². The maximum atomic E-state index is 5.98. The minimum Gasteiger partial charge on any atom is -0.373 e. The van der Waals surface area contributed by atoms with Crippen LogP contribution in [0, 0.1) is 0 Å². The second-order valence-electron chi connectivity index (χ2n) is 3.57. The Bertz CT molecular complexity index is 280. The molecule has 3 nitrogen and oxygen atoms in total. The zero-order valence-corrected chi connectivity index (χ0v) is 7.44. The first-order valence-electron chi connectivity index (χ1n) is 4.43.